The van der Waals surface area contributed by atoms with Gasteiger partial charge in [0, 0.05) is 6.54 Å². The monoisotopic (exact) mass is 355 g/mol. The highest BCUT2D eigenvalue weighted by molar-refractivity contribution is 9.10. The lowest BCUT2D eigenvalue weighted by Gasteiger charge is -2.29. The zero-order valence-electron chi connectivity index (χ0n) is 12.1. The van der Waals surface area contributed by atoms with Crippen molar-refractivity contribution in [1.82, 2.24) is 9.78 Å². The van der Waals surface area contributed by atoms with Crippen LogP contribution < -0.4 is 10.9 Å². The van der Waals surface area contributed by atoms with Gasteiger partial charge in [0.1, 0.15) is 5.69 Å². The van der Waals surface area contributed by atoms with E-state index in [4.69, 9.17) is 0 Å². The Kier molecular flexibility index (Phi) is 4.64. The SMILES string of the molecule is O=c1c(NC2CCCCC2O)c(Br)cnn1CC1CCC1. The number of aromatic nitrogens is 2. The molecule has 2 aliphatic carbocycles. The van der Waals surface area contributed by atoms with Gasteiger partial charge in [-0.3, -0.25) is 4.79 Å². The van der Waals surface area contributed by atoms with E-state index in [1.165, 1.54) is 19.3 Å². The zero-order valence-corrected chi connectivity index (χ0v) is 13.7. The maximum Gasteiger partial charge on any atom is 0.291 e. The van der Waals surface area contributed by atoms with E-state index in [0.29, 0.717) is 22.6 Å². The van der Waals surface area contributed by atoms with Gasteiger partial charge >= 0.3 is 0 Å². The number of nitrogens with zero attached hydrogens (tertiary/aromatic N) is 2. The molecule has 0 spiro atoms. The molecule has 1 aromatic rings. The molecule has 2 saturated carbocycles. The van der Waals surface area contributed by atoms with E-state index < -0.39 is 0 Å². The molecule has 0 amide bonds. The van der Waals surface area contributed by atoms with Crippen molar-refractivity contribution in [3.05, 3.63) is 21.0 Å². The van der Waals surface area contributed by atoms with E-state index in [-0.39, 0.29) is 17.7 Å². The van der Waals surface area contributed by atoms with E-state index in [9.17, 15) is 9.90 Å². The smallest absolute Gasteiger partial charge is 0.291 e. The molecule has 1 heterocycles. The normalized spacial score (nSPS) is 26.4. The number of rotatable bonds is 4. The van der Waals surface area contributed by atoms with Crippen molar-refractivity contribution in [2.75, 3.05) is 5.32 Å². The summed E-state index contributed by atoms with van der Waals surface area (Å²) >= 11 is 3.41. The van der Waals surface area contributed by atoms with Gasteiger partial charge in [-0.05, 0) is 47.5 Å². The van der Waals surface area contributed by atoms with Gasteiger partial charge in [-0.15, -0.1) is 0 Å². The van der Waals surface area contributed by atoms with Crippen LogP contribution in [0.1, 0.15) is 44.9 Å². The fraction of sp³-hybridized carbons (Fsp3) is 0.733. The second kappa shape index (κ2) is 6.48. The molecule has 1 aromatic heterocycles. The Morgan fingerprint density at radius 3 is 2.71 bits per heavy atom. The van der Waals surface area contributed by atoms with Crippen LogP contribution in [-0.2, 0) is 6.54 Å². The van der Waals surface area contributed by atoms with Gasteiger partial charge in [-0.2, -0.15) is 5.10 Å². The topological polar surface area (TPSA) is 67.2 Å². The molecule has 2 fully saturated rings. The van der Waals surface area contributed by atoms with Crippen LogP contribution in [0.25, 0.3) is 0 Å². The number of anilines is 1. The first kappa shape index (κ1) is 15.0. The Labute approximate surface area is 132 Å². The third-order valence-electron chi connectivity index (χ3n) is 4.71. The molecule has 116 valence electrons. The van der Waals surface area contributed by atoms with Crippen LogP contribution in [-0.4, -0.2) is 27.0 Å². The van der Waals surface area contributed by atoms with E-state index in [0.717, 1.165) is 25.7 Å². The molecule has 0 radical (unpaired) electrons. The van der Waals surface area contributed by atoms with Crippen LogP contribution >= 0.6 is 15.9 Å². The molecule has 2 aliphatic rings. The van der Waals surface area contributed by atoms with Crippen molar-refractivity contribution in [2.24, 2.45) is 5.92 Å². The molecule has 0 aliphatic heterocycles. The predicted molar refractivity (Wildman–Crippen MR) is 85.4 cm³/mol. The molecule has 6 heteroatoms. The van der Waals surface area contributed by atoms with Crippen LogP contribution in [0.15, 0.2) is 15.5 Å². The summed E-state index contributed by atoms with van der Waals surface area (Å²) in [6.45, 7) is 0.702. The summed E-state index contributed by atoms with van der Waals surface area (Å²) in [6, 6.07) is -0.0395. The number of halogens is 1. The quantitative estimate of drug-likeness (QED) is 0.870. The Balaban J connectivity index is 1.79. The van der Waals surface area contributed by atoms with Gasteiger partial charge in [0.15, 0.2) is 0 Å². The summed E-state index contributed by atoms with van der Waals surface area (Å²) in [5.74, 6) is 0.587. The average Bonchev–Trinajstić information content (AvgIpc) is 2.42. The second-order valence-corrected chi connectivity index (χ2v) is 7.11. The highest BCUT2D eigenvalue weighted by Crippen LogP contribution is 2.28. The first-order valence-corrected chi connectivity index (χ1v) is 8.64. The summed E-state index contributed by atoms with van der Waals surface area (Å²) in [7, 11) is 0. The molecule has 2 atom stereocenters. The Hall–Kier alpha value is -0.880. The molecule has 3 rings (SSSR count). The lowest BCUT2D eigenvalue weighted by molar-refractivity contribution is 0.116. The summed E-state index contributed by atoms with van der Waals surface area (Å²) in [4.78, 5) is 12.6. The number of hydrogen-bond donors (Lipinski definition) is 2. The van der Waals surface area contributed by atoms with Crippen LogP contribution in [0.3, 0.4) is 0 Å². The number of aliphatic hydroxyl groups excluding tert-OH is 1. The highest BCUT2D eigenvalue weighted by Gasteiger charge is 2.25. The summed E-state index contributed by atoms with van der Waals surface area (Å²) in [5.41, 5.74) is 0.448. The summed E-state index contributed by atoms with van der Waals surface area (Å²) in [6.07, 6.45) is 8.79. The first-order chi connectivity index (χ1) is 10.1. The molecule has 5 nitrogen and oxygen atoms in total. The van der Waals surface area contributed by atoms with Gasteiger partial charge in [-0.25, -0.2) is 4.68 Å². The molecule has 2 N–H and O–H groups in total. The van der Waals surface area contributed by atoms with Crippen molar-refractivity contribution >= 4 is 21.6 Å². The van der Waals surface area contributed by atoms with Gasteiger partial charge in [-0.1, -0.05) is 19.3 Å². The number of hydrogen-bond acceptors (Lipinski definition) is 4. The fourth-order valence-electron chi connectivity index (χ4n) is 3.11. The van der Waals surface area contributed by atoms with Crippen LogP contribution in [0, 0.1) is 5.92 Å². The Bertz CT molecular complexity index is 556. The fourth-order valence-corrected chi connectivity index (χ4v) is 3.49. The largest absolute Gasteiger partial charge is 0.391 e. The Morgan fingerprint density at radius 2 is 2.05 bits per heavy atom. The minimum atomic E-state index is -0.377. The van der Waals surface area contributed by atoms with Gasteiger partial charge in [0.05, 0.1) is 22.8 Å². The van der Waals surface area contributed by atoms with E-state index >= 15 is 0 Å². The van der Waals surface area contributed by atoms with Crippen molar-refractivity contribution in [3.8, 4) is 0 Å². The van der Waals surface area contributed by atoms with Crippen LogP contribution in [0.2, 0.25) is 0 Å². The minimum Gasteiger partial charge on any atom is -0.391 e. The number of nitrogens with one attached hydrogen (secondary N) is 1. The van der Waals surface area contributed by atoms with Crippen molar-refractivity contribution in [3.63, 3.8) is 0 Å². The van der Waals surface area contributed by atoms with Crippen molar-refractivity contribution < 1.29 is 5.11 Å². The third kappa shape index (κ3) is 3.31. The van der Waals surface area contributed by atoms with Crippen LogP contribution in [0.4, 0.5) is 5.69 Å². The lowest BCUT2D eigenvalue weighted by atomic mass is 9.85. The molecular weight excluding hydrogens is 334 g/mol. The second-order valence-electron chi connectivity index (χ2n) is 6.25. The van der Waals surface area contributed by atoms with E-state index in [1.807, 2.05) is 0 Å². The van der Waals surface area contributed by atoms with Gasteiger partial charge in [0.25, 0.3) is 5.56 Å². The molecule has 0 saturated heterocycles. The zero-order chi connectivity index (χ0) is 14.8. The highest BCUT2D eigenvalue weighted by atomic mass is 79.9. The number of aliphatic hydroxyl groups is 1. The van der Waals surface area contributed by atoms with Crippen molar-refractivity contribution in [1.29, 1.82) is 0 Å². The maximum absolute atomic E-state index is 12.6. The Morgan fingerprint density at radius 1 is 1.29 bits per heavy atom. The molecule has 0 bridgehead atoms. The molecule has 0 aromatic carbocycles. The van der Waals surface area contributed by atoms with E-state index in [1.54, 1.807) is 10.9 Å². The minimum absolute atomic E-state index is 0.0395. The first-order valence-electron chi connectivity index (χ1n) is 7.85. The molecule has 21 heavy (non-hydrogen) atoms. The molecular formula is C15H22BrN3O2. The van der Waals surface area contributed by atoms with Gasteiger partial charge in [0.2, 0.25) is 0 Å². The van der Waals surface area contributed by atoms with Crippen molar-refractivity contribution in [2.45, 2.75) is 63.6 Å². The predicted octanol–water partition coefficient (Wildman–Crippen LogP) is 2.52. The standard InChI is InChI=1S/C15H22BrN3O2/c16-11-8-17-19(9-10-4-3-5-10)15(21)14(11)18-12-6-1-2-7-13(12)20/h8,10,12-13,18,20H,1-7,9H2. The van der Waals surface area contributed by atoms with Crippen LogP contribution in [0.5, 0.6) is 0 Å². The average molecular weight is 356 g/mol. The lowest BCUT2D eigenvalue weighted by Crippen LogP contribution is -2.39. The third-order valence-corrected chi connectivity index (χ3v) is 5.31. The van der Waals surface area contributed by atoms with E-state index in [2.05, 4.69) is 26.3 Å². The summed E-state index contributed by atoms with van der Waals surface area (Å²) in [5, 5.41) is 17.5. The molecule has 2 unspecified atom stereocenters. The maximum atomic E-state index is 12.6. The van der Waals surface area contributed by atoms with Gasteiger partial charge < -0.3 is 10.4 Å². The summed E-state index contributed by atoms with van der Waals surface area (Å²) < 4.78 is 2.24.